The van der Waals surface area contributed by atoms with Crippen molar-refractivity contribution in [1.29, 1.82) is 0 Å². The molecule has 78 valence electrons. The Morgan fingerprint density at radius 2 is 2.00 bits per heavy atom. The van der Waals surface area contributed by atoms with Crippen molar-refractivity contribution in [2.45, 2.75) is 13.5 Å². The van der Waals surface area contributed by atoms with Gasteiger partial charge in [0, 0.05) is 5.69 Å². The van der Waals surface area contributed by atoms with Crippen molar-refractivity contribution in [2.24, 2.45) is 0 Å². The molecule has 0 aliphatic heterocycles. The Labute approximate surface area is 86.9 Å². The maximum absolute atomic E-state index is 11.5. The van der Waals surface area contributed by atoms with Gasteiger partial charge in [-0.1, -0.05) is 12.1 Å². The fourth-order valence-corrected chi connectivity index (χ4v) is 1.39. The molecule has 0 saturated carbocycles. The second-order valence-electron chi connectivity index (χ2n) is 3.28. The highest BCUT2D eigenvalue weighted by molar-refractivity contribution is 5.63. The van der Waals surface area contributed by atoms with Crippen LogP contribution in [0.1, 0.15) is 6.92 Å². The van der Waals surface area contributed by atoms with Crippen LogP contribution >= 0.6 is 0 Å². The lowest BCUT2D eigenvalue weighted by molar-refractivity contribution is 0.260. The minimum Gasteiger partial charge on any atom is -0.399 e. The van der Waals surface area contributed by atoms with Crippen LogP contribution in [-0.4, -0.2) is 4.74 Å². The number of aromatic nitrogens is 1. The van der Waals surface area contributed by atoms with Gasteiger partial charge >= 0.3 is 5.63 Å². The Kier molecular flexibility index (Phi) is 2.33. The molecule has 1 aromatic heterocycles. The van der Waals surface area contributed by atoms with Gasteiger partial charge in [0.05, 0.1) is 18.3 Å². The van der Waals surface area contributed by atoms with Crippen LogP contribution in [0.5, 0.6) is 0 Å². The third-order valence-electron chi connectivity index (χ3n) is 2.23. The van der Waals surface area contributed by atoms with Crippen LogP contribution in [0.25, 0.3) is 11.1 Å². The zero-order valence-corrected chi connectivity index (χ0v) is 8.43. The van der Waals surface area contributed by atoms with E-state index in [2.05, 4.69) is 0 Å². The first-order valence-electron chi connectivity index (χ1n) is 4.77. The van der Waals surface area contributed by atoms with Crippen LogP contribution in [0.3, 0.4) is 0 Å². The van der Waals surface area contributed by atoms with E-state index in [0.717, 1.165) is 5.56 Å². The molecule has 0 aliphatic carbocycles. The number of aryl methyl sites for hydroxylation is 1. The molecule has 0 unspecified atom stereocenters. The summed E-state index contributed by atoms with van der Waals surface area (Å²) < 4.78 is 6.49. The maximum Gasteiger partial charge on any atom is 0.365 e. The largest absolute Gasteiger partial charge is 0.399 e. The van der Waals surface area contributed by atoms with E-state index < -0.39 is 0 Å². The molecule has 1 aromatic carbocycles. The Bertz CT molecular complexity index is 508. The molecule has 0 atom stereocenters. The van der Waals surface area contributed by atoms with E-state index in [-0.39, 0.29) is 5.63 Å². The van der Waals surface area contributed by atoms with Crippen molar-refractivity contribution in [3.05, 3.63) is 40.9 Å². The van der Waals surface area contributed by atoms with Crippen LogP contribution < -0.4 is 11.4 Å². The van der Waals surface area contributed by atoms with Gasteiger partial charge in [0.1, 0.15) is 0 Å². The molecule has 0 fully saturated rings. The summed E-state index contributed by atoms with van der Waals surface area (Å²) in [4.78, 5) is 11.5. The summed E-state index contributed by atoms with van der Waals surface area (Å²) in [5, 5.41) is 0. The molecule has 15 heavy (non-hydrogen) atoms. The van der Waals surface area contributed by atoms with Gasteiger partial charge in [-0.2, -0.15) is 0 Å². The predicted molar refractivity (Wildman–Crippen MR) is 58.5 cm³/mol. The molecule has 2 N–H and O–H groups in total. The normalized spacial score (nSPS) is 10.5. The van der Waals surface area contributed by atoms with Crippen molar-refractivity contribution >= 4 is 5.69 Å². The Balaban J connectivity index is 2.49. The summed E-state index contributed by atoms with van der Waals surface area (Å²) in [5.41, 5.74) is 7.32. The number of hydrogen-bond acceptors (Lipinski definition) is 3. The van der Waals surface area contributed by atoms with E-state index in [0.29, 0.717) is 17.8 Å². The molecular formula is C11H12N2O2. The third-order valence-corrected chi connectivity index (χ3v) is 2.23. The van der Waals surface area contributed by atoms with Crippen LogP contribution in [0.2, 0.25) is 0 Å². The molecule has 4 nitrogen and oxygen atoms in total. The van der Waals surface area contributed by atoms with E-state index in [1.807, 2.05) is 19.1 Å². The predicted octanol–water partition coefficient (Wildman–Crippen LogP) is 1.71. The number of nitrogens with two attached hydrogens (primary N) is 1. The summed E-state index contributed by atoms with van der Waals surface area (Å²) in [5.74, 6) is 0. The van der Waals surface area contributed by atoms with Gasteiger partial charge in [0.25, 0.3) is 0 Å². The highest BCUT2D eigenvalue weighted by Gasteiger charge is 2.07. The number of anilines is 1. The van der Waals surface area contributed by atoms with Crippen LogP contribution in [-0.2, 0) is 6.54 Å². The van der Waals surface area contributed by atoms with Crippen molar-refractivity contribution in [3.8, 4) is 11.1 Å². The third kappa shape index (κ3) is 1.79. The summed E-state index contributed by atoms with van der Waals surface area (Å²) in [6.07, 6.45) is 1.70. The van der Waals surface area contributed by atoms with Crippen molar-refractivity contribution in [1.82, 2.24) is 4.74 Å². The monoisotopic (exact) mass is 204 g/mol. The summed E-state index contributed by atoms with van der Waals surface area (Å²) in [6.45, 7) is 2.56. The quantitative estimate of drug-likeness (QED) is 0.757. The second-order valence-corrected chi connectivity index (χ2v) is 3.28. The zero-order chi connectivity index (χ0) is 10.8. The molecule has 0 aliphatic rings. The van der Waals surface area contributed by atoms with E-state index >= 15 is 0 Å². The molecule has 4 heteroatoms. The SMILES string of the molecule is CCn1cc(-c2ccc(N)cc2)c(=O)o1. The van der Waals surface area contributed by atoms with Gasteiger partial charge in [-0.15, -0.1) is 0 Å². The fourth-order valence-electron chi connectivity index (χ4n) is 1.39. The Morgan fingerprint density at radius 1 is 1.33 bits per heavy atom. The first-order chi connectivity index (χ1) is 7.20. The van der Waals surface area contributed by atoms with Crippen molar-refractivity contribution in [2.75, 3.05) is 5.73 Å². The smallest absolute Gasteiger partial charge is 0.365 e. The van der Waals surface area contributed by atoms with Gasteiger partial charge in [0.2, 0.25) is 0 Å². The average Bonchev–Trinajstić information content (AvgIpc) is 2.61. The van der Waals surface area contributed by atoms with Gasteiger partial charge in [-0.05, 0) is 24.6 Å². The number of benzene rings is 1. The summed E-state index contributed by atoms with van der Waals surface area (Å²) in [6, 6.07) is 7.14. The zero-order valence-electron chi connectivity index (χ0n) is 8.43. The maximum atomic E-state index is 11.5. The van der Waals surface area contributed by atoms with Gasteiger partial charge < -0.3 is 10.3 Å². The van der Waals surface area contributed by atoms with E-state index in [9.17, 15) is 4.79 Å². The molecule has 0 saturated heterocycles. The minimum atomic E-state index is -0.318. The van der Waals surface area contributed by atoms with Crippen LogP contribution in [0, 0.1) is 0 Å². The number of rotatable bonds is 2. The summed E-state index contributed by atoms with van der Waals surface area (Å²) in [7, 11) is 0. The highest BCUT2D eigenvalue weighted by atomic mass is 16.5. The second kappa shape index (κ2) is 3.65. The lowest BCUT2D eigenvalue weighted by atomic mass is 10.1. The number of nitrogen functional groups attached to an aromatic ring is 1. The molecule has 2 rings (SSSR count). The molecule has 0 amide bonds. The lowest BCUT2D eigenvalue weighted by Gasteiger charge is -1.95. The van der Waals surface area contributed by atoms with Crippen LogP contribution in [0.4, 0.5) is 5.69 Å². The average molecular weight is 204 g/mol. The first-order valence-corrected chi connectivity index (χ1v) is 4.77. The molecular weight excluding hydrogens is 192 g/mol. The summed E-state index contributed by atoms with van der Waals surface area (Å²) >= 11 is 0. The lowest BCUT2D eigenvalue weighted by Crippen LogP contribution is -1.96. The van der Waals surface area contributed by atoms with Gasteiger partial charge in [-0.3, -0.25) is 0 Å². The van der Waals surface area contributed by atoms with Crippen molar-refractivity contribution in [3.63, 3.8) is 0 Å². The standard InChI is InChI=1S/C11H12N2O2/c1-2-13-7-10(11(14)15-13)8-3-5-9(12)6-4-8/h3-7H,2,12H2,1H3. The molecule has 0 radical (unpaired) electrons. The van der Waals surface area contributed by atoms with Crippen LogP contribution in [0.15, 0.2) is 39.8 Å². The minimum absolute atomic E-state index is 0.318. The Morgan fingerprint density at radius 3 is 2.53 bits per heavy atom. The number of hydrogen-bond donors (Lipinski definition) is 1. The molecule has 0 spiro atoms. The molecule has 2 aromatic rings. The van der Waals surface area contributed by atoms with Crippen molar-refractivity contribution < 1.29 is 4.52 Å². The van der Waals surface area contributed by atoms with Gasteiger partial charge in [0.15, 0.2) is 0 Å². The first kappa shape index (κ1) is 9.58. The highest BCUT2D eigenvalue weighted by Crippen LogP contribution is 2.17. The number of nitrogens with zero attached hydrogens (tertiary/aromatic N) is 1. The van der Waals surface area contributed by atoms with E-state index in [1.165, 1.54) is 4.74 Å². The topological polar surface area (TPSA) is 61.2 Å². The van der Waals surface area contributed by atoms with E-state index in [4.69, 9.17) is 10.3 Å². The van der Waals surface area contributed by atoms with E-state index in [1.54, 1.807) is 18.3 Å². The molecule has 1 heterocycles. The van der Waals surface area contributed by atoms with Gasteiger partial charge in [-0.25, -0.2) is 9.53 Å². The Hall–Kier alpha value is -1.97. The fraction of sp³-hybridized carbons (Fsp3) is 0.182. The molecule has 0 bridgehead atoms.